The highest BCUT2D eigenvalue weighted by molar-refractivity contribution is 5.89. The highest BCUT2D eigenvalue weighted by atomic mass is 19.4. The van der Waals surface area contributed by atoms with Crippen LogP contribution in [-0.2, 0) is 35.3 Å². The Balaban J connectivity index is 1.74. The number of hydrogen-bond donors (Lipinski definition) is 2. The quantitative estimate of drug-likeness (QED) is 0.352. The van der Waals surface area contributed by atoms with Crippen LogP contribution in [-0.4, -0.2) is 63.6 Å². The molecule has 1 aromatic carbocycles. The van der Waals surface area contributed by atoms with Crippen LogP contribution in [0.5, 0.6) is 0 Å². The molecule has 3 rings (SSSR count). The zero-order chi connectivity index (χ0) is 25.2. The molecule has 0 fully saturated rings. The smallest absolute Gasteiger partial charge is 0.393 e. The lowest BCUT2D eigenvalue weighted by Gasteiger charge is -2.27. The molecule has 0 bridgehead atoms. The molecule has 1 aliphatic heterocycles. The Morgan fingerprint density at radius 1 is 1.35 bits per heavy atom. The number of carbonyl (C=O) groups is 2. The predicted molar refractivity (Wildman–Crippen MR) is 107 cm³/mol. The number of hydrogen-bond acceptors (Lipinski definition) is 5. The van der Waals surface area contributed by atoms with Gasteiger partial charge in [-0.2, -0.15) is 18.3 Å². The van der Waals surface area contributed by atoms with Gasteiger partial charge in [0.2, 0.25) is 6.41 Å². The van der Waals surface area contributed by atoms with Gasteiger partial charge in [0.05, 0.1) is 36.6 Å². The molecule has 2 heterocycles. The maximum absolute atomic E-state index is 14.0. The van der Waals surface area contributed by atoms with Crippen LogP contribution in [0.3, 0.4) is 0 Å². The van der Waals surface area contributed by atoms with Gasteiger partial charge in [-0.25, -0.2) is 18.6 Å². The van der Waals surface area contributed by atoms with Crippen molar-refractivity contribution >= 4 is 18.1 Å². The number of alkyl halides is 3. The van der Waals surface area contributed by atoms with Crippen molar-refractivity contribution in [2.24, 2.45) is 0 Å². The molecule has 1 atom stereocenters. The zero-order valence-electron chi connectivity index (χ0n) is 18.2. The number of nitrogens with one attached hydrogen (secondary N) is 1. The number of carbonyl (C=O) groups excluding carboxylic acids is 2. The van der Waals surface area contributed by atoms with Crippen LogP contribution in [0.25, 0.3) is 0 Å². The Morgan fingerprint density at radius 2 is 2.06 bits per heavy atom. The van der Waals surface area contributed by atoms with Crippen LogP contribution in [0.1, 0.15) is 22.5 Å². The minimum absolute atomic E-state index is 0.0425. The molecule has 2 aromatic rings. The van der Waals surface area contributed by atoms with Crippen LogP contribution in [0, 0.1) is 18.6 Å². The van der Waals surface area contributed by atoms with Crippen LogP contribution in [0.2, 0.25) is 0 Å². The maximum atomic E-state index is 14.0. The van der Waals surface area contributed by atoms with E-state index in [1.807, 2.05) is 0 Å². The number of aliphatic hydroxyl groups excluding tert-OH is 1. The third-order valence-corrected chi connectivity index (χ3v) is 5.32. The van der Waals surface area contributed by atoms with E-state index in [-0.39, 0.29) is 38.4 Å². The molecule has 0 saturated carbocycles. The van der Waals surface area contributed by atoms with E-state index in [9.17, 15) is 36.6 Å². The first kappa shape index (κ1) is 25.4. The first-order valence-electron chi connectivity index (χ1n) is 10.1. The fraction of sp³-hybridized carbons (Fsp3) is 0.450. The third kappa shape index (κ3) is 5.44. The molecular formula is C20H22F5N5O4. The first-order valence-corrected chi connectivity index (χ1v) is 10.1. The molecule has 14 heteroatoms. The standard InChI is InChI=1S/C20H22F5N5O4/c1-11-13-8-29(4-3-17(13)27-30(11)7-12(9-31)34-28(2)10-32)19(33)26-18-5-14(20(23,24)25)15(21)6-16(18)22/h5-6,10,12,31H,3-4,7-9H2,1-2H3,(H,26,33). The molecule has 186 valence electrons. The summed E-state index contributed by atoms with van der Waals surface area (Å²) in [6.45, 7) is 1.64. The van der Waals surface area contributed by atoms with Gasteiger partial charge in [0.25, 0.3) is 0 Å². The molecule has 1 aliphatic rings. The van der Waals surface area contributed by atoms with Gasteiger partial charge in [-0.05, 0) is 13.0 Å². The van der Waals surface area contributed by atoms with Gasteiger partial charge in [0, 0.05) is 37.3 Å². The fourth-order valence-electron chi connectivity index (χ4n) is 3.55. The van der Waals surface area contributed by atoms with E-state index in [2.05, 4.69) is 10.4 Å². The van der Waals surface area contributed by atoms with Crippen molar-refractivity contribution in [3.8, 4) is 0 Å². The molecule has 1 unspecified atom stereocenters. The van der Waals surface area contributed by atoms with E-state index in [1.54, 1.807) is 11.6 Å². The van der Waals surface area contributed by atoms with E-state index in [0.29, 0.717) is 29.8 Å². The second-order valence-electron chi connectivity index (χ2n) is 7.67. The number of anilines is 1. The van der Waals surface area contributed by atoms with E-state index in [4.69, 9.17) is 4.84 Å². The third-order valence-electron chi connectivity index (χ3n) is 5.32. The number of urea groups is 1. The monoisotopic (exact) mass is 491 g/mol. The predicted octanol–water partition coefficient (Wildman–Crippen LogP) is 2.46. The number of aromatic nitrogens is 2. The average molecular weight is 491 g/mol. The Morgan fingerprint density at radius 3 is 2.68 bits per heavy atom. The van der Waals surface area contributed by atoms with Crippen molar-refractivity contribution in [1.82, 2.24) is 19.7 Å². The summed E-state index contributed by atoms with van der Waals surface area (Å²) >= 11 is 0. The molecule has 1 aromatic heterocycles. The summed E-state index contributed by atoms with van der Waals surface area (Å²) in [6.07, 6.45) is -5.07. The highest BCUT2D eigenvalue weighted by Gasteiger charge is 2.35. The molecular weight excluding hydrogens is 469 g/mol. The van der Waals surface area contributed by atoms with Gasteiger partial charge in [0.1, 0.15) is 17.7 Å². The number of benzene rings is 1. The van der Waals surface area contributed by atoms with Gasteiger partial charge < -0.3 is 15.3 Å². The second kappa shape index (κ2) is 9.93. The van der Waals surface area contributed by atoms with Crippen molar-refractivity contribution in [2.75, 3.05) is 25.5 Å². The van der Waals surface area contributed by atoms with E-state index < -0.39 is 41.2 Å². The SMILES string of the molecule is Cc1c2c(nn1CC(CO)ON(C)C=O)CCN(C(=O)Nc1cc(C(F)(F)F)c(F)cc1F)C2. The number of halogens is 5. The molecule has 3 amide bonds. The Labute approximate surface area is 190 Å². The van der Waals surface area contributed by atoms with Crippen molar-refractivity contribution in [2.45, 2.75) is 38.7 Å². The summed E-state index contributed by atoms with van der Waals surface area (Å²) in [5.41, 5.74) is -0.482. The second-order valence-corrected chi connectivity index (χ2v) is 7.67. The number of hydroxylamine groups is 2. The minimum Gasteiger partial charge on any atom is -0.393 e. The Kier molecular flexibility index (Phi) is 7.41. The average Bonchev–Trinajstić information content (AvgIpc) is 3.08. The summed E-state index contributed by atoms with van der Waals surface area (Å²) < 4.78 is 67.9. The van der Waals surface area contributed by atoms with Gasteiger partial charge in [-0.15, -0.1) is 0 Å². The van der Waals surface area contributed by atoms with Gasteiger partial charge in [0.15, 0.2) is 0 Å². The first-order chi connectivity index (χ1) is 15.9. The lowest BCUT2D eigenvalue weighted by Crippen LogP contribution is -2.39. The zero-order valence-corrected chi connectivity index (χ0v) is 18.2. The maximum Gasteiger partial charge on any atom is 0.419 e. The number of rotatable bonds is 7. The number of amides is 3. The number of aliphatic hydroxyl groups is 1. The van der Waals surface area contributed by atoms with Crippen molar-refractivity contribution in [3.05, 3.63) is 46.3 Å². The number of nitrogens with zero attached hydrogens (tertiary/aromatic N) is 4. The van der Waals surface area contributed by atoms with Crippen LogP contribution in [0.15, 0.2) is 12.1 Å². The van der Waals surface area contributed by atoms with Crippen LogP contribution >= 0.6 is 0 Å². The molecule has 0 aliphatic carbocycles. The fourth-order valence-corrected chi connectivity index (χ4v) is 3.55. The summed E-state index contributed by atoms with van der Waals surface area (Å²) in [7, 11) is 1.37. The number of fused-ring (bicyclic) bond motifs is 1. The van der Waals surface area contributed by atoms with E-state index >= 15 is 0 Å². The van der Waals surface area contributed by atoms with E-state index in [1.165, 1.54) is 11.9 Å². The van der Waals surface area contributed by atoms with Gasteiger partial charge >= 0.3 is 12.2 Å². The molecule has 0 saturated heterocycles. The normalized spacial score (nSPS) is 14.5. The lowest BCUT2D eigenvalue weighted by atomic mass is 10.1. The Bertz CT molecular complexity index is 1070. The summed E-state index contributed by atoms with van der Waals surface area (Å²) in [6, 6.07) is -0.574. The largest absolute Gasteiger partial charge is 0.419 e. The van der Waals surface area contributed by atoms with E-state index in [0.717, 1.165) is 5.06 Å². The Hall–Kier alpha value is -3.26. The summed E-state index contributed by atoms with van der Waals surface area (Å²) in [5, 5.41) is 16.9. The van der Waals surface area contributed by atoms with Crippen molar-refractivity contribution in [3.63, 3.8) is 0 Å². The van der Waals surface area contributed by atoms with Crippen LogP contribution in [0.4, 0.5) is 32.4 Å². The summed E-state index contributed by atoms with van der Waals surface area (Å²) in [5.74, 6) is -3.12. The molecule has 0 radical (unpaired) electrons. The van der Waals surface area contributed by atoms with Crippen LogP contribution < -0.4 is 5.32 Å². The van der Waals surface area contributed by atoms with Gasteiger partial charge in [-0.1, -0.05) is 0 Å². The molecule has 34 heavy (non-hydrogen) atoms. The topological polar surface area (TPSA) is 99.9 Å². The van der Waals surface area contributed by atoms with Gasteiger partial charge in [-0.3, -0.25) is 14.3 Å². The minimum atomic E-state index is -5.06. The highest BCUT2D eigenvalue weighted by Crippen LogP contribution is 2.34. The lowest BCUT2D eigenvalue weighted by molar-refractivity contribution is -0.192. The van der Waals surface area contributed by atoms with Crippen molar-refractivity contribution < 1.29 is 41.5 Å². The summed E-state index contributed by atoms with van der Waals surface area (Å²) in [4.78, 5) is 29.9. The van der Waals surface area contributed by atoms with Crippen molar-refractivity contribution in [1.29, 1.82) is 0 Å². The molecule has 9 nitrogen and oxygen atoms in total. The molecule has 2 N–H and O–H groups in total. The molecule has 0 spiro atoms.